The molecule has 3 aliphatic rings. The molecule has 0 aromatic heterocycles. The van der Waals surface area contributed by atoms with Crippen LogP contribution in [0.2, 0.25) is 5.02 Å². The summed E-state index contributed by atoms with van der Waals surface area (Å²) < 4.78 is 33.6. The Morgan fingerprint density at radius 3 is 2.71 bits per heavy atom. The first-order valence-corrected chi connectivity index (χ1v) is 20.0. The van der Waals surface area contributed by atoms with Crippen LogP contribution in [0.1, 0.15) is 66.1 Å². The summed E-state index contributed by atoms with van der Waals surface area (Å²) in [4.78, 5) is 29.5. The second-order valence-electron chi connectivity index (χ2n) is 14.1. The molecule has 2 N–H and O–H groups in total. The monoisotopic (exact) mass is 733 g/mol. The fraction of sp³-hybridized carbons (Fsp3) is 0.450. The second kappa shape index (κ2) is 16.8. The van der Waals surface area contributed by atoms with Crippen LogP contribution < -0.4 is 14.4 Å². The van der Waals surface area contributed by atoms with Crippen LogP contribution in [0.25, 0.3) is 0 Å². The van der Waals surface area contributed by atoms with Gasteiger partial charge in [0, 0.05) is 37.2 Å². The van der Waals surface area contributed by atoms with Crippen molar-refractivity contribution in [2.75, 3.05) is 30.9 Å². The van der Waals surface area contributed by atoms with Gasteiger partial charge in [0.05, 0.1) is 24.2 Å². The molecule has 272 valence electrons. The summed E-state index contributed by atoms with van der Waals surface area (Å²) >= 11 is 6.46. The number of aliphatic hydroxyl groups is 1. The van der Waals surface area contributed by atoms with Gasteiger partial charge in [0.1, 0.15) is 21.8 Å². The van der Waals surface area contributed by atoms with Gasteiger partial charge in [-0.3, -0.25) is 14.3 Å². The molecule has 1 aliphatic carbocycles. The Morgan fingerprint density at radius 2 is 1.94 bits per heavy atom. The molecule has 1 saturated carbocycles. The molecule has 6 rings (SSSR count). The first kappa shape index (κ1) is 37.1. The lowest BCUT2D eigenvalue weighted by Crippen LogP contribution is -2.43. The summed E-state index contributed by atoms with van der Waals surface area (Å²) in [5.41, 5.74) is 4.10. The number of aryl methyl sites for hydroxylation is 1. The highest BCUT2D eigenvalue weighted by Gasteiger charge is 2.38. The summed E-state index contributed by atoms with van der Waals surface area (Å²) in [6, 6.07) is 20.4. The highest BCUT2D eigenvalue weighted by atomic mass is 35.5. The first-order chi connectivity index (χ1) is 24.6. The number of benzene rings is 3. The lowest BCUT2D eigenvalue weighted by atomic mass is 9.70. The van der Waals surface area contributed by atoms with Crippen LogP contribution in [0.4, 0.5) is 5.69 Å². The Labute approximate surface area is 306 Å². The van der Waals surface area contributed by atoms with Gasteiger partial charge < -0.3 is 19.5 Å². The van der Waals surface area contributed by atoms with E-state index in [9.17, 15) is 18.9 Å². The van der Waals surface area contributed by atoms with Crippen molar-refractivity contribution >= 4 is 39.0 Å². The number of rotatable bonds is 5. The van der Waals surface area contributed by atoms with E-state index in [1.54, 1.807) is 37.4 Å². The van der Waals surface area contributed by atoms with Gasteiger partial charge in [0.15, 0.2) is 0 Å². The number of hydrogen-bond acceptors (Lipinski definition) is 7. The molecule has 2 heterocycles. The predicted molar refractivity (Wildman–Crippen MR) is 201 cm³/mol. The highest BCUT2D eigenvalue weighted by molar-refractivity contribution is 7.92. The van der Waals surface area contributed by atoms with Crippen LogP contribution in [-0.2, 0) is 38.8 Å². The van der Waals surface area contributed by atoms with Gasteiger partial charge in [-0.2, -0.15) is 0 Å². The molecule has 6 atom stereocenters. The first-order valence-electron chi connectivity index (χ1n) is 17.9. The number of halogens is 1. The van der Waals surface area contributed by atoms with E-state index in [1.165, 1.54) is 5.56 Å². The van der Waals surface area contributed by atoms with Crippen LogP contribution in [0.3, 0.4) is 0 Å². The van der Waals surface area contributed by atoms with Gasteiger partial charge >= 0.3 is 0 Å². The molecule has 3 aromatic rings. The molecular formula is C40H48ClN3O6S. The molecule has 6 unspecified atom stereocenters. The van der Waals surface area contributed by atoms with E-state index in [-0.39, 0.29) is 29.8 Å². The lowest BCUT2D eigenvalue weighted by Gasteiger charge is -2.43. The Hall–Kier alpha value is -3.70. The van der Waals surface area contributed by atoms with Crippen molar-refractivity contribution in [1.29, 1.82) is 0 Å². The summed E-state index contributed by atoms with van der Waals surface area (Å²) in [6.07, 6.45) is 7.91. The fourth-order valence-corrected chi connectivity index (χ4v) is 9.46. The zero-order valence-electron chi connectivity index (χ0n) is 29.3. The van der Waals surface area contributed by atoms with Gasteiger partial charge in [-0.05, 0) is 103 Å². The third-order valence-corrected chi connectivity index (χ3v) is 12.5. The molecule has 9 nitrogen and oxygen atoms in total. The average molecular weight is 734 g/mol. The van der Waals surface area contributed by atoms with E-state index in [4.69, 9.17) is 21.1 Å². The van der Waals surface area contributed by atoms with Crippen molar-refractivity contribution in [3.05, 3.63) is 106 Å². The minimum absolute atomic E-state index is 0.0327. The van der Waals surface area contributed by atoms with Crippen LogP contribution in [-0.4, -0.2) is 59.4 Å². The van der Waals surface area contributed by atoms with E-state index in [0.717, 1.165) is 48.9 Å². The fourth-order valence-electron chi connectivity index (χ4n) is 7.33. The number of carbonyl (C=O) groups is 2. The predicted octanol–water partition coefficient (Wildman–Crippen LogP) is 6.94. The number of hydrogen-bond donors (Lipinski definition) is 2. The number of nitrogens with zero attached hydrogens (tertiary/aromatic N) is 2. The normalized spacial score (nSPS) is 26.2. The molecule has 2 aliphatic heterocycles. The van der Waals surface area contributed by atoms with Crippen molar-refractivity contribution in [2.24, 2.45) is 22.1 Å². The quantitative estimate of drug-likeness (QED) is 0.273. The zero-order valence-corrected chi connectivity index (χ0v) is 30.9. The highest BCUT2D eigenvalue weighted by Crippen LogP contribution is 2.42. The third kappa shape index (κ3) is 9.40. The van der Waals surface area contributed by atoms with Crippen molar-refractivity contribution < 1.29 is 28.4 Å². The second-order valence-corrected chi connectivity index (χ2v) is 16.6. The zero-order chi connectivity index (χ0) is 36.0. The van der Waals surface area contributed by atoms with Crippen LogP contribution in [0.5, 0.6) is 5.75 Å². The molecule has 1 fully saturated rings. The van der Waals surface area contributed by atoms with E-state index in [0.29, 0.717) is 48.7 Å². The maximum Gasteiger partial charge on any atom is 0.286 e. The van der Waals surface area contributed by atoms with E-state index >= 15 is 0 Å². The van der Waals surface area contributed by atoms with Gasteiger partial charge in [-0.25, -0.2) is 4.21 Å². The Bertz CT molecular complexity index is 1860. The van der Waals surface area contributed by atoms with E-state index in [1.807, 2.05) is 43.3 Å². The van der Waals surface area contributed by atoms with Crippen molar-refractivity contribution in [3.63, 3.8) is 0 Å². The number of fused-ring (bicyclic) bond motifs is 3. The largest absolute Gasteiger partial charge is 0.491 e. The van der Waals surface area contributed by atoms with Crippen LogP contribution >= 0.6 is 11.6 Å². The maximum absolute atomic E-state index is 14.5. The molecule has 0 saturated heterocycles. The topological polar surface area (TPSA) is 118 Å². The Morgan fingerprint density at radius 1 is 1.12 bits per heavy atom. The standard InChI is InChI=1S/C40H48ClN3O6S/c1-27-9-8-13-37(49-2)34-18-15-32(34)25-44-24-31-14-17-33(41)22-29(31)12-6-7-20-50-38-19-16-30(23-35(38)44)39(46)42-51(48,26-27)43-40(47)36(45)21-28-10-4-3-5-11-28/h3-5,8,10-11,13-14,16-17,19,22-23,27,32,34,36-37,45H,6-7,9,12,15,18,20-21,24-26H2,1-2H3,(H,42,43,46,47,48). The van der Waals surface area contributed by atoms with Gasteiger partial charge in [0.2, 0.25) is 0 Å². The molecule has 2 amide bonds. The number of carbonyl (C=O) groups excluding carboxylic acids is 2. The van der Waals surface area contributed by atoms with E-state index in [2.05, 4.69) is 26.1 Å². The van der Waals surface area contributed by atoms with Crippen molar-refractivity contribution in [1.82, 2.24) is 4.72 Å². The molecule has 0 spiro atoms. The SMILES string of the molecule is COC1C=CCC(C)CS(=O)(NC(=O)C(O)Cc2ccccc2)=NC(=O)c2ccc3c(c2)N(Cc2ccc(Cl)cc2CCCCO3)CC2CCC21. The number of ether oxygens (including phenoxy) is 2. The number of anilines is 1. The summed E-state index contributed by atoms with van der Waals surface area (Å²) in [7, 11) is -1.90. The van der Waals surface area contributed by atoms with Crippen molar-refractivity contribution in [3.8, 4) is 5.75 Å². The Balaban J connectivity index is 1.41. The van der Waals surface area contributed by atoms with Crippen molar-refractivity contribution in [2.45, 2.75) is 70.6 Å². The minimum Gasteiger partial charge on any atom is -0.491 e. The number of nitrogens with one attached hydrogen (secondary N) is 1. The lowest BCUT2D eigenvalue weighted by molar-refractivity contribution is -0.127. The minimum atomic E-state index is -3.64. The molecule has 11 heteroatoms. The summed E-state index contributed by atoms with van der Waals surface area (Å²) in [6.45, 7) is 3.72. The summed E-state index contributed by atoms with van der Waals surface area (Å²) in [5, 5.41) is 11.5. The Kier molecular flexibility index (Phi) is 12.2. The smallest absolute Gasteiger partial charge is 0.286 e. The third-order valence-electron chi connectivity index (χ3n) is 10.2. The number of methoxy groups -OCH3 is 1. The van der Waals surface area contributed by atoms with Gasteiger partial charge in [-0.15, -0.1) is 4.36 Å². The number of aliphatic hydroxyl groups excluding tert-OH is 1. The molecular weight excluding hydrogens is 686 g/mol. The number of amides is 2. The van der Waals surface area contributed by atoms with E-state index < -0.39 is 27.8 Å². The molecule has 51 heavy (non-hydrogen) atoms. The molecule has 3 aromatic carbocycles. The molecule has 0 radical (unpaired) electrons. The average Bonchev–Trinajstić information content (AvgIpc) is 3.12. The van der Waals surface area contributed by atoms with Crippen LogP contribution in [0, 0.1) is 17.8 Å². The summed E-state index contributed by atoms with van der Waals surface area (Å²) in [5.74, 6) is -0.517. The van der Waals surface area contributed by atoms with Gasteiger partial charge in [-0.1, -0.05) is 67.1 Å². The maximum atomic E-state index is 14.5. The molecule has 2 bridgehead atoms. The van der Waals surface area contributed by atoms with Gasteiger partial charge in [0.25, 0.3) is 11.8 Å². The number of allylic oxidation sites excluding steroid dienone is 1. The van der Waals surface area contributed by atoms with Crippen LogP contribution in [0.15, 0.2) is 83.2 Å².